The topological polar surface area (TPSA) is 38.3 Å². The lowest BCUT2D eigenvalue weighted by Gasteiger charge is -2.40. The first kappa shape index (κ1) is 25.0. The molecule has 3 nitrogen and oxygen atoms in total. The van der Waals surface area contributed by atoms with E-state index in [9.17, 15) is 9.18 Å². The first-order chi connectivity index (χ1) is 17.5. The lowest BCUT2D eigenvalue weighted by Crippen LogP contribution is -2.47. The van der Waals surface area contributed by atoms with E-state index in [1.165, 1.54) is 12.1 Å². The number of ether oxygens (including phenoxy) is 1. The molecule has 4 aromatic carbocycles. The Balaban J connectivity index is 2.00. The number of halogens is 2. The summed E-state index contributed by atoms with van der Waals surface area (Å²) < 4.78 is 34.3. The fourth-order valence-corrected chi connectivity index (χ4v) is 4.46. The van der Waals surface area contributed by atoms with Crippen LogP contribution in [0.15, 0.2) is 121 Å². The molecule has 0 saturated carbocycles. The Morgan fingerprint density at radius 1 is 0.833 bits per heavy atom. The fraction of sp³-hybridized carbons (Fsp3) is 0.129. The van der Waals surface area contributed by atoms with Gasteiger partial charge < -0.3 is 4.74 Å². The molecular weight excluding hydrogens is 456 g/mol. The Morgan fingerprint density at radius 3 is 1.72 bits per heavy atom. The van der Waals surface area contributed by atoms with Crippen LogP contribution in [0, 0.1) is 11.6 Å². The second-order valence-corrected chi connectivity index (χ2v) is 8.34. The highest BCUT2D eigenvalue weighted by Gasteiger charge is 2.40. The lowest BCUT2D eigenvalue weighted by molar-refractivity contribution is -0.138. The van der Waals surface area contributed by atoms with E-state index in [0.29, 0.717) is 0 Å². The zero-order valence-electron chi connectivity index (χ0n) is 20.0. The van der Waals surface area contributed by atoms with Crippen molar-refractivity contribution in [3.63, 3.8) is 0 Å². The summed E-state index contributed by atoms with van der Waals surface area (Å²) >= 11 is 0. The molecule has 0 bridgehead atoms. The van der Waals surface area contributed by atoms with Gasteiger partial charge in [0.05, 0.1) is 23.8 Å². The summed E-state index contributed by atoms with van der Waals surface area (Å²) in [6, 6.07) is 31.4. The molecule has 5 heteroatoms. The average molecular weight is 484 g/mol. The van der Waals surface area contributed by atoms with E-state index in [4.69, 9.17) is 4.74 Å². The van der Waals surface area contributed by atoms with Crippen LogP contribution in [-0.2, 0) is 15.1 Å². The van der Waals surface area contributed by atoms with Crippen molar-refractivity contribution in [3.8, 4) is 0 Å². The number of hydrogen-bond acceptors (Lipinski definition) is 3. The second-order valence-electron chi connectivity index (χ2n) is 8.34. The summed E-state index contributed by atoms with van der Waals surface area (Å²) in [5.74, 6) is -2.17. The summed E-state index contributed by atoms with van der Waals surface area (Å²) in [5, 5.41) is 3.57. The maximum Gasteiger partial charge on any atom is 0.335 e. The predicted octanol–water partition coefficient (Wildman–Crippen LogP) is 6.71. The highest BCUT2D eigenvalue weighted by Crippen LogP contribution is 2.40. The number of rotatable bonds is 9. The summed E-state index contributed by atoms with van der Waals surface area (Å²) in [5.41, 5.74) is 1.67. The maximum absolute atomic E-state index is 15.2. The number of carbonyl (C=O) groups is 1. The Hall–Kier alpha value is -4.09. The quantitative estimate of drug-likeness (QED) is 0.163. The van der Waals surface area contributed by atoms with Gasteiger partial charge >= 0.3 is 5.97 Å². The van der Waals surface area contributed by atoms with Crippen molar-refractivity contribution in [3.05, 3.63) is 155 Å². The van der Waals surface area contributed by atoms with Crippen molar-refractivity contribution in [2.75, 3.05) is 6.61 Å². The zero-order chi connectivity index (χ0) is 25.5. The molecule has 0 aliphatic carbocycles. The molecule has 4 aromatic rings. The van der Waals surface area contributed by atoms with Crippen LogP contribution in [0.5, 0.6) is 0 Å². The molecule has 0 heterocycles. The normalized spacial score (nSPS) is 12.1. The van der Waals surface area contributed by atoms with Crippen molar-refractivity contribution in [1.82, 2.24) is 5.32 Å². The average Bonchev–Trinajstić information content (AvgIpc) is 2.91. The van der Waals surface area contributed by atoms with Crippen LogP contribution in [0.1, 0.15) is 35.2 Å². The van der Waals surface area contributed by atoms with Crippen LogP contribution < -0.4 is 5.32 Å². The number of nitrogens with one attached hydrogen (secondary N) is 1. The van der Waals surface area contributed by atoms with Crippen LogP contribution in [0.3, 0.4) is 0 Å². The third kappa shape index (κ3) is 4.97. The van der Waals surface area contributed by atoms with E-state index >= 15 is 4.39 Å². The molecule has 182 valence electrons. The van der Waals surface area contributed by atoms with Crippen LogP contribution in [0.25, 0.3) is 0 Å². The monoisotopic (exact) mass is 483 g/mol. The van der Waals surface area contributed by atoms with Gasteiger partial charge in [-0.15, -0.1) is 0 Å². The smallest absolute Gasteiger partial charge is 0.335 e. The SMILES string of the molecule is C=C(C(=O)OCC)C(NC(c1ccccc1)(c1ccccc1)c1ccccc1)c1ccc(F)cc1F. The van der Waals surface area contributed by atoms with E-state index in [1.54, 1.807) is 6.92 Å². The van der Waals surface area contributed by atoms with Gasteiger partial charge in [0.2, 0.25) is 0 Å². The van der Waals surface area contributed by atoms with E-state index in [-0.39, 0.29) is 17.7 Å². The van der Waals surface area contributed by atoms with Gasteiger partial charge in [-0.1, -0.05) is 104 Å². The Bertz CT molecular complexity index is 1230. The van der Waals surface area contributed by atoms with Crippen LogP contribution >= 0.6 is 0 Å². The third-order valence-corrected chi connectivity index (χ3v) is 6.14. The number of esters is 1. The molecule has 1 N–H and O–H groups in total. The molecule has 0 radical (unpaired) electrons. The van der Waals surface area contributed by atoms with Crippen LogP contribution in [0.4, 0.5) is 8.78 Å². The summed E-state index contributed by atoms with van der Waals surface area (Å²) in [6.07, 6.45) is 0. The Morgan fingerprint density at radius 2 is 1.31 bits per heavy atom. The van der Waals surface area contributed by atoms with E-state index in [2.05, 4.69) is 11.9 Å². The molecule has 0 amide bonds. The van der Waals surface area contributed by atoms with Gasteiger partial charge in [0.15, 0.2) is 0 Å². The molecule has 1 atom stereocenters. The zero-order valence-corrected chi connectivity index (χ0v) is 20.0. The van der Waals surface area contributed by atoms with Crippen molar-refractivity contribution < 1.29 is 18.3 Å². The Labute approximate surface area is 210 Å². The van der Waals surface area contributed by atoms with Crippen molar-refractivity contribution in [1.29, 1.82) is 0 Å². The van der Waals surface area contributed by atoms with Crippen molar-refractivity contribution in [2.24, 2.45) is 0 Å². The molecular formula is C31H27F2NO2. The molecule has 1 unspecified atom stereocenters. The minimum absolute atomic E-state index is 0.00882. The van der Waals surface area contributed by atoms with Gasteiger partial charge in [0.25, 0.3) is 0 Å². The van der Waals surface area contributed by atoms with Gasteiger partial charge in [-0.2, -0.15) is 0 Å². The summed E-state index contributed by atoms with van der Waals surface area (Å²) in [6.45, 7) is 5.81. The van der Waals surface area contributed by atoms with E-state index in [1.807, 2.05) is 91.0 Å². The molecule has 0 saturated heterocycles. The van der Waals surface area contributed by atoms with Crippen LogP contribution in [0.2, 0.25) is 0 Å². The summed E-state index contributed by atoms with van der Waals surface area (Å²) in [7, 11) is 0. The number of hydrogen-bond donors (Lipinski definition) is 1. The molecule has 0 aromatic heterocycles. The Kier molecular flexibility index (Phi) is 7.71. The van der Waals surface area contributed by atoms with E-state index < -0.39 is 29.2 Å². The first-order valence-electron chi connectivity index (χ1n) is 11.7. The maximum atomic E-state index is 15.2. The minimum atomic E-state index is -1.04. The van der Waals surface area contributed by atoms with Gasteiger partial charge in [0, 0.05) is 11.6 Å². The first-order valence-corrected chi connectivity index (χ1v) is 11.7. The minimum Gasteiger partial charge on any atom is -0.463 e. The van der Waals surface area contributed by atoms with Crippen LogP contribution in [-0.4, -0.2) is 12.6 Å². The van der Waals surface area contributed by atoms with Gasteiger partial charge in [-0.3, -0.25) is 5.32 Å². The predicted molar refractivity (Wildman–Crippen MR) is 137 cm³/mol. The number of carbonyl (C=O) groups excluding carboxylic acids is 1. The molecule has 36 heavy (non-hydrogen) atoms. The standard InChI is InChI=1S/C31H27F2NO2/c1-3-36-30(35)22(2)29(27-20-19-26(32)21-28(27)33)34-31(23-13-7-4-8-14-23,24-15-9-5-10-16-24)25-17-11-6-12-18-25/h4-21,29,34H,2-3H2,1H3. The largest absolute Gasteiger partial charge is 0.463 e. The molecule has 0 spiro atoms. The van der Waals surface area contributed by atoms with Crippen molar-refractivity contribution >= 4 is 5.97 Å². The molecule has 4 rings (SSSR count). The fourth-order valence-electron chi connectivity index (χ4n) is 4.46. The lowest BCUT2D eigenvalue weighted by atomic mass is 9.75. The molecule has 0 aliphatic rings. The number of benzene rings is 4. The second kappa shape index (κ2) is 11.1. The third-order valence-electron chi connectivity index (χ3n) is 6.14. The highest BCUT2D eigenvalue weighted by molar-refractivity contribution is 5.89. The van der Waals surface area contributed by atoms with Crippen molar-refractivity contribution in [2.45, 2.75) is 18.5 Å². The van der Waals surface area contributed by atoms with Gasteiger partial charge in [0.1, 0.15) is 11.6 Å². The van der Waals surface area contributed by atoms with E-state index in [0.717, 1.165) is 22.8 Å². The molecule has 0 fully saturated rings. The molecule has 0 aliphatic heterocycles. The summed E-state index contributed by atoms with van der Waals surface area (Å²) in [4.78, 5) is 12.9. The van der Waals surface area contributed by atoms with Gasteiger partial charge in [-0.25, -0.2) is 13.6 Å². The van der Waals surface area contributed by atoms with Gasteiger partial charge in [-0.05, 0) is 29.7 Å². The highest BCUT2D eigenvalue weighted by atomic mass is 19.1.